The van der Waals surface area contributed by atoms with E-state index in [1.807, 2.05) is 20.8 Å². The van der Waals surface area contributed by atoms with Gasteiger partial charge in [-0.15, -0.1) is 0 Å². The molecular formula is C24H32N4O3. The molecule has 1 aromatic heterocycles. The van der Waals surface area contributed by atoms with Crippen molar-refractivity contribution in [2.24, 2.45) is 0 Å². The number of amides is 2. The van der Waals surface area contributed by atoms with Crippen LogP contribution in [0.1, 0.15) is 38.3 Å². The van der Waals surface area contributed by atoms with Gasteiger partial charge in [-0.3, -0.25) is 4.79 Å². The van der Waals surface area contributed by atoms with E-state index < -0.39 is 0 Å². The van der Waals surface area contributed by atoms with Gasteiger partial charge in [0.15, 0.2) is 0 Å². The molecule has 1 unspecified atom stereocenters. The van der Waals surface area contributed by atoms with Crippen molar-refractivity contribution in [3.63, 3.8) is 0 Å². The molecule has 0 saturated carbocycles. The zero-order valence-electron chi connectivity index (χ0n) is 18.6. The third-order valence-electron chi connectivity index (χ3n) is 6.28. The first kappa shape index (κ1) is 21.4. The smallest absolute Gasteiger partial charge is 0.317 e. The van der Waals surface area contributed by atoms with Crippen molar-refractivity contribution in [3.8, 4) is 0 Å². The van der Waals surface area contributed by atoms with Gasteiger partial charge in [0.1, 0.15) is 0 Å². The Hall–Kier alpha value is -2.80. The Morgan fingerprint density at radius 2 is 2.06 bits per heavy atom. The summed E-state index contributed by atoms with van der Waals surface area (Å²) >= 11 is 0. The number of nitrogens with one attached hydrogen (secondary N) is 2. The van der Waals surface area contributed by atoms with E-state index in [9.17, 15) is 9.59 Å². The maximum atomic E-state index is 12.5. The molecule has 4 rings (SSSR count). The molecule has 0 fully saturated rings. The number of fused-ring (bicyclic) bond motifs is 2. The standard InChI is InChI=1S/C24H32N4O3/c1-4-27(5-2)24(30)26-17-13-19-18-8-7-9-21-23(18)16(12-20(19)25-14-17)15-28(21)11-10-22(29)31-6-3/h7-9,13,15,17,20,25H,4-6,10-12,14H2,1-3H3,(H,26,30)/t17?,20-/m1/s1. The molecule has 2 atom stereocenters. The molecule has 2 aromatic rings. The summed E-state index contributed by atoms with van der Waals surface area (Å²) in [5.41, 5.74) is 4.91. The lowest BCUT2D eigenvalue weighted by Crippen LogP contribution is -2.52. The van der Waals surface area contributed by atoms with E-state index in [0.29, 0.717) is 32.7 Å². The molecular weight excluding hydrogens is 392 g/mol. The Morgan fingerprint density at radius 1 is 1.26 bits per heavy atom. The minimum absolute atomic E-state index is 0.0214. The molecule has 0 radical (unpaired) electrons. The van der Waals surface area contributed by atoms with Gasteiger partial charge in [0, 0.05) is 49.3 Å². The van der Waals surface area contributed by atoms with Gasteiger partial charge in [0.05, 0.1) is 19.1 Å². The predicted octanol–water partition coefficient (Wildman–Crippen LogP) is 2.93. The first-order chi connectivity index (χ1) is 15.0. The first-order valence-corrected chi connectivity index (χ1v) is 11.3. The number of nitrogens with zero attached hydrogens (tertiary/aromatic N) is 2. The van der Waals surface area contributed by atoms with Crippen LogP contribution in [-0.4, -0.2) is 59.8 Å². The van der Waals surface area contributed by atoms with Gasteiger partial charge in [0.25, 0.3) is 0 Å². The molecule has 7 heteroatoms. The first-order valence-electron chi connectivity index (χ1n) is 11.3. The fourth-order valence-corrected chi connectivity index (χ4v) is 4.77. The maximum absolute atomic E-state index is 12.5. The van der Waals surface area contributed by atoms with Crippen LogP contribution in [0.15, 0.2) is 30.5 Å². The monoisotopic (exact) mass is 424 g/mol. The van der Waals surface area contributed by atoms with Crippen LogP contribution in [0.3, 0.4) is 0 Å². The Labute approximate surface area is 183 Å². The quantitative estimate of drug-likeness (QED) is 0.670. The third-order valence-corrected chi connectivity index (χ3v) is 6.28. The lowest BCUT2D eigenvalue weighted by molar-refractivity contribution is -0.143. The molecule has 7 nitrogen and oxygen atoms in total. The van der Waals surface area contributed by atoms with E-state index in [0.717, 1.165) is 18.5 Å². The van der Waals surface area contributed by atoms with Crippen molar-refractivity contribution in [1.29, 1.82) is 0 Å². The number of carbonyl (C=O) groups excluding carboxylic acids is 2. The molecule has 1 aliphatic heterocycles. The minimum Gasteiger partial charge on any atom is -0.466 e. The molecule has 0 saturated heterocycles. The zero-order valence-corrected chi connectivity index (χ0v) is 18.6. The topological polar surface area (TPSA) is 75.6 Å². The van der Waals surface area contributed by atoms with Crippen molar-refractivity contribution in [2.75, 3.05) is 26.2 Å². The molecule has 0 spiro atoms. The predicted molar refractivity (Wildman–Crippen MR) is 122 cm³/mol. The summed E-state index contributed by atoms with van der Waals surface area (Å²) in [6.45, 7) is 8.95. The number of rotatable bonds is 7. The fraction of sp³-hybridized carbons (Fsp3) is 0.500. The van der Waals surface area contributed by atoms with Crippen LogP contribution < -0.4 is 10.6 Å². The van der Waals surface area contributed by atoms with E-state index in [4.69, 9.17) is 4.74 Å². The highest BCUT2D eigenvalue weighted by Crippen LogP contribution is 2.38. The Kier molecular flexibility index (Phi) is 6.32. The number of aromatic nitrogens is 1. The summed E-state index contributed by atoms with van der Waals surface area (Å²) in [5.74, 6) is -0.165. The highest BCUT2D eigenvalue weighted by atomic mass is 16.5. The second kappa shape index (κ2) is 9.14. The Balaban J connectivity index is 1.61. The van der Waals surface area contributed by atoms with E-state index >= 15 is 0 Å². The van der Waals surface area contributed by atoms with Gasteiger partial charge in [-0.25, -0.2) is 4.79 Å². The van der Waals surface area contributed by atoms with Crippen LogP contribution in [0.2, 0.25) is 0 Å². The Bertz CT molecular complexity index is 1010. The van der Waals surface area contributed by atoms with E-state index in [-0.39, 0.29) is 24.1 Å². The largest absolute Gasteiger partial charge is 0.466 e. The highest BCUT2D eigenvalue weighted by Gasteiger charge is 2.31. The maximum Gasteiger partial charge on any atom is 0.317 e. The number of carbonyl (C=O) groups is 2. The van der Waals surface area contributed by atoms with E-state index in [2.05, 4.69) is 45.7 Å². The van der Waals surface area contributed by atoms with Crippen molar-refractivity contribution in [1.82, 2.24) is 20.1 Å². The molecule has 2 heterocycles. The van der Waals surface area contributed by atoms with Crippen LogP contribution in [0.25, 0.3) is 16.5 Å². The molecule has 0 bridgehead atoms. The Morgan fingerprint density at radius 3 is 2.81 bits per heavy atom. The summed E-state index contributed by atoms with van der Waals surface area (Å²) in [7, 11) is 0. The van der Waals surface area contributed by atoms with E-state index in [1.165, 1.54) is 22.1 Å². The van der Waals surface area contributed by atoms with Crippen LogP contribution >= 0.6 is 0 Å². The number of aryl methyl sites for hydroxylation is 1. The number of hydrogen-bond donors (Lipinski definition) is 2. The molecule has 166 valence electrons. The summed E-state index contributed by atoms with van der Waals surface area (Å²) in [6.07, 6.45) is 5.67. The van der Waals surface area contributed by atoms with Crippen LogP contribution in [0.4, 0.5) is 4.79 Å². The number of urea groups is 1. The average Bonchev–Trinajstić information content (AvgIpc) is 3.12. The summed E-state index contributed by atoms with van der Waals surface area (Å²) in [5, 5.41) is 8.03. The van der Waals surface area contributed by atoms with Gasteiger partial charge in [-0.1, -0.05) is 18.2 Å². The van der Waals surface area contributed by atoms with Crippen molar-refractivity contribution in [3.05, 3.63) is 41.6 Å². The third kappa shape index (κ3) is 4.19. The summed E-state index contributed by atoms with van der Waals surface area (Å²) in [6, 6.07) is 6.53. The molecule has 31 heavy (non-hydrogen) atoms. The second-order valence-corrected chi connectivity index (χ2v) is 8.12. The summed E-state index contributed by atoms with van der Waals surface area (Å²) < 4.78 is 7.26. The molecule has 2 amide bonds. The molecule has 1 aliphatic carbocycles. The average molecular weight is 425 g/mol. The number of ether oxygens (including phenoxy) is 1. The minimum atomic E-state index is -0.165. The van der Waals surface area contributed by atoms with Crippen LogP contribution in [0, 0.1) is 0 Å². The van der Waals surface area contributed by atoms with Crippen LogP contribution in [-0.2, 0) is 22.5 Å². The number of benzene rings is 1. The number of esters is 1. The van der Waals surface area contributed by atoms with Gasteiger partial charge in [-0.05, 0) is 50.0 Å². The second-order valence-electron chi connectivity index (χ2n) is 8.12. The molecule has 2 N–H and O–H groups in total. The van der Waals surface area contributed by atoms with Gasteiger partial charge < -0.3 is 24.8 Å². The lowest BCUT2D eigenvalue weighted by atomic mass is 9.82. The van der Waals surface area contributed by atoms with Gasteiger partial charge in [-0.2, -0.15) is 0 Å². The normalized spacial score (nSPS) is 19.5. The van der Waals surface area contributed by atoms with Gasteiger partial charge >= 0.3 is 12.0 Å². The van der Waals surface area contributed by atoms with Crippen LogP contribution in [0.5, 0.6) is 0 Å². The van der Waals surface area contributed by atoms with E-state index in [1.54, 1.807) is 4.90 Å². The van der Waals surface area contributed by atoms with Crippen molar-refractivity contribution in [2.45, 2.75) is 52.2 Å². The lowest BCUT2D eigenvalue weighted by Gasteiger charge is -2.34. The van der Waals surface area contributed by atoms with Gasteiger partial charge in [0.2, 0.25) is 0 Å². The number of hydrogen-bond acceptors (Lipinski definition) is 4. The SMILES string of the molecule is CCOC(=O)CCn1cc2c3c(cccc31)C1=CC(NC(=O)N(CC)CC)CN[C@@H]1C2. The fourth-order valence-electron chi connectivity index (χ4n) is 4.77. The zero-order chi connectivity index (χ0) is 22.0. The van der Waals surface area contributed by atoms with Crippen molar-refractivity contribution < 1.29 is 14.3 Å². The summed E-state index contributed by atoms with van der Waals surface area (Å²) in [4.78, 5) is 26.2. The van der Waals surface area contributed by atoms with Crippen molar-refractivity contribution >= 4 is 28.5 Å². The molecule has 2 aliphatic rings. The molecule has 1 aromatic carbocycles. The highest BCUT2D eigenvalue weighted by molar-refractivity contribution is 5.99.